The van der Waals surface area contributed by atoms with Gasteiger partial charge in [-0.1, -0.05) is 69.4 Å². The predicted octanol–water partition coefficient (Wildman–Crippen LogP) is 7.46. The van der Waals surface area contributed by atoms with E-state index < -0.39 is 0 Å². The van der Waals surface area contributed by atoms with E-state index in [9.17, 15) is 9.59 Å². The van der Waals surface area contributed by atoms with Crippen LogP contribution in [0.4, 0.5) is 11.4 Å². The molecule has 0 unspecified atom stereocenters. The third kappa shape index (κ3) is 6.30. The number of carbonyl (C=O) groups is 2. The lowest BCUT2D eigenvalue weighted by atomic mass is 9.95. The summed E-state index contributed by atoms with van der Waals surface area (Å²) in [6.45, 7) is 2.75. The van der Waals surface area contributed by atoms with E-state index in [0.717, 1.165) is 47.9 Å². The summed E-state index contributed by atoms with van der Waals surface area (Å²) < 4.78 is 5.85. The second kappa shape index (κ2) is 12.5. The van der Waals surface area contributed by atoms with Crippen molar-refractivity contribution in [2.45, 2.75) is 45.4 Å². The molecular formula is C28H31NO3. The summed E-state index contributed by atoms with van der Waals surface area (Å²) in [4.78, 5) is 23.7. The molecule has 0 saturated carbocycles. The number of hydrogen-bond acceptors (Lipinski definition) is 4. The third-order valence-electron chi connectivity index (χ3n) is 5.50. The normalized spacial score (nSPS) is 10.5. The Balaban J connectivity index is 1.70. The lowest BCUT2D eigenvalue weighted by molar-refractivity contribution is 0.109. The predicted molar refractivity (Wildman–Crippen MR) is 131 cm³/mol. The number of hydrogen-bond donors (Lipinski definition) is 1. The molecule has 32 heavy (non-hydrogen) atoms. The van der Waals surface area contributed by atoms with Crippen LogP contribution < -0.4 is 10.1 Å². The standard InChI is InChI=1S/C28H31NO3/c1-2-3-4-5-6-10-19-32-28-18-17-25(26(20-30)27(28)21-31)22-13-15-24(16-14-22)29-23-11-8-7-9-12-23/h7-9,11-18,20-21,29H,2-6,10,19H2,1H3. The topological polar surface area (TPSA) is 55.4 Å². The summed E-state index contributed by atoms with van der Waals surface area (Å²) in [5.74, 6) is 0.474. The van der Waals surface area contributed by atoms with Crippen LogP contribution in [0.15, 0.2) is 66.7 Å². The quantitative estimate of drug-likeness (QED) is 0.226. The van der Waals surface area contributed by atoms with Crippen molar-refractivity contribution in [3.63, 3.8) is 0 Å². The molecule has 0 heterocycles. The summed E-state index contributed by atoms with van der Waals surface area (Å²) in [6.07, 6.45) is 8.46. The van der Waals surface area contributed by atoms with Gasteiger partial charge in [0.1, 0.15) is 5.75 Å². The number of anilines is 2. The van der Waals surface area contributed by atoms with Crippen molar-refractivity contribution in [2.24, 2.45) is 0 Å². The number of ether oxygens (including phenoxy) is 1. The summed E-state index contributed by atoms with van der Waals surface area (Å²) in [7, 11) is 0. The van der Waals surface area contributed by atoms with Crippen LogP contribution in [0, 0.1) is 0 Å². The van der Waals surface area contributed by atoms with E-state index in [2.05, 4.69) is 12.2 Å². The van der Waals surface area contributed by atoms with Gasteiger partial charge in [-0.2, -0.15) is 0 Å². The van der Waals surface area contributed by atoms with Gasteiger partial charge in [-0.05, 0) is 53.9 Å². The lowest BCUT2D eigenvalue weighted by Crippen LogP contribution is -2.04. The highest BCUT2D eigenvalue weighted by Crippen LogP contribution is 2.31. The molecule has 1 N–H and O–H groups in total. The van der Waals surface area contributed by atoms with Gasteiger partial charge in [0.15, 0.2) is 12.6 Å². The zero-order valence-electron chi connectivity index (χ0n) is 18.7. The highest BCUT2D eigenvalue weighted by Gasteiger charge is 2.15. The molecule has 4 heteroatoms. The maximum atomic E-state index is 11.9. The molecule has 0 aromatic heterocycles. The van der Waals surface area contributed by atoms with Gasteiger partial charge >= 0.3 is 0 Å². The Labute approximate surface area is 190 Å². The fraction of sp³-hybridized carbons (Fsp3) is 0.286. The average Bonchev–Trinajstić information content (AvgIpc) is 2.84. The van der Waals surface area contributed by atoms with Crippen molar-refractivity contribution in [1.29, 1.82) is 0 Å². The summed E-state index contributed by atoms with van der Waals surface area (Å²) in [5.41, 5.74) is 4.22. The molecule has 0 spiro atoms. The van der Waals surface area contributed by atoms with Crippen LogP contribution in [0.5, 0.6) is 5.75 Å². The molecule has 3 rings (SSSR count). The minimum absolute atomic E-state index is 0.315. The molecule has 0 saturated heterocycles. The SMILES string of the molecule is CCCCCCCCOc1ccc(-c2ccc(Nc3ccccc3)cc2)c(C=O)c1C=O. The largest absolute Gasteiger partial charge is 0.493 e. The van der Waals surface area contributed by atoms with Gasteiger partial charge in [0, 0.05) is 16.9 Å². The Bertz CT molecular complexity index is 997. The van der Waals surface area contributed by atoms with Gasteiger partial charge < -0.3 is 10.1 Å². The van der Waals surface area contributed by atoms with Crippen molar-refractivity contribution < 1.29 is 14.3 Å². The Kier molecular flexibility index (Phi) is 9.05. The van der Waals surface area contributed by atoms with E-state index in [1.54, 1.807) is 6.07 Å². The molecule has 0 aliphatic carbocycles. The van der Waals surface area contributed by atoms with Crippen LogP contribution in [-0.4, -0.2) is 19.2 Å². The van der Waals surface area contributed by atoms with Gasteiger partial charge in [0.2, 0.25) is 0 Å². The first-order valence-electron chi connectivity index (χ1n) is 11.4. The van der Waals surface area contributed by atoms with E-state index in [-0.39, 0.29) is 0 Å². The second-order valence-corrected chi connectivity index (χ2v) is 7.86. The van der Waals surface area contributed by atoms with Crippen LogP contribution in [0.3, 0.4) is 0 Å². The highest BCUT2D eigenvalue weighted by atomic mass is 16.5. The monoisotopic (exact) mass is 429 g/mol. The molecule has 4 nitrogen and oxygen atoms in total. The molecular weight excluding hydrogens is 398 g/mol. The van der Waals surface area contributed by atoms with Gasteiger partial charge in [-0.3, -0.25) is 9.59 Å². The van der Waals surface area contributed by atoms with Crippen LogP contribution >= 0.6 is 0 Å². The minimum Gasteiger partial charge on any atom is -0.493 e. The Hall–Kier alpha value is -3.40. The minimum atomic E-state index is 0.315. The molecule has 3 aromatic rings. The molecule has 0 bridgehead atoms. The molecule has 166 valence electrons. The summed E-state index contributed by atoms with van der Waals surface area (Å²) in [6, 6.07) is 21.4. The number of aldehydes is 2. The molecule has 0 aliphatic rings. The smallest absolute Gasteiger partial charge is 0.154 e. The van der Waals surface area contributed by atoms with E-state index in [1.165, 1.54) is 25.7 Å². The lowest BCUT2D eigenvalue weighted by Gasteiger charge is -2.14. The van der Waals surface area contributed by atoms with Crippen molar-refractivity contribution in [3.8, 4) is 16.9 Å². The molecule has 0 atom stereocenters. The van der Waals surface area contributed by atoms with E-state index >= 15 is 0 Å². The number of nitrogens with one attached hydrogen (secondary N) is 1. The summed E-state index contributed by atoms with van der Waals surface area (Å²) in [5, 5.41) is 3.34. The van der Waals surface area contributed by atoms with Gasteiger partial charge in [-0.15, -0.1) is 0 Å². The Morgan fingerprint density at radius 3 is 2.06 bits per heavy atom. The summed E-state index contributed by atoms with van der Waals surface area (Å²) >= 11 is 0. The first-order valence-corrected chi connectivity index (χ1v) is 11.4. The van der Waals surface area contributed by atoms with Crippen molar-refractivity contribution in [2.75, 3.05) is 11.9 Å². The van der Waals surface area contributed by atoms with E-state index in [0.29, 0.717) is 23.5 Å². The molecule has 0 radical (unpaired) electrons. The third-order valence-corrected chi connectivity index (χ3v) is 5.50. The number of carbonyl (C=O) groups excluding carboxylic acids is 2. The zero-order chi connectivity index (χ0) is 22.6. The fourth-order valence-electron chi connectivity index (χ4n) is 3.73. The van der Waals surface area contributed by atoms with Crippen molar-refractivity contribution in [3.05, 3.63) is 77.9 Å². The van der Waals surface area contributed by atoms with Gasteiger partial charge in [0.05, 0.1) is 12.2 Å². The molecule has 0 fully saturated rings. The van der Waals surface area contributed by atoms with Gasteiger partial charge in [0.25, 0.3) is 0 Å². The Morgan fingerprint density at radius 1 is 0.719 bits per heavy atom. The maximum absolute atomic E-state index is 11.9. The Morgan fingerprint density at radius 2 is 1.38 bits per heavy atom. The number of unbranched alkanes of at least 4 members (excludes halogenated alkanes) is 5. The van der Waals surface area contributed by atoms with E-state index in [1.807, 2.05) is 60.7 Å². The van der Waals surface area contributed by atoms with Crippen LogP contribution in [-0.2, 0) is 0 Å². The number of para-hydroxylation sites is 1. The molecule has 0 aliphatic heterocycles. The average molecular weight is 430 g/mol. The number of rotatable bonds is 13. The maximum Gasteiger partial charge on any atom is 0.154 e. The van der Waals surface area contributed by atoms with Crippen LogP contribution in [0.1, 0.15) is 66.2 Å². The molecule has 0 amide bonds. The first-order chi connectivity index (χ1) is 15.8. The van der Waals surface area contributed by atoms with Crippen molar-refractivity contribution >= 4 is 23.9 Å². The fourth-order valence-corrected chi connectivity index (χ4v) is 3.73. The van der Waals surface area contributed by atoms with E-state index in [4.69, 9.17) is 4.74 Å². The zero-order valence-corrected chi connectivity index (χ0v) is 18.7. The van der Waals surface area contributed by atoms with Crippen LogP contribution in [0.2, 0.25) is 0 Å². The van der Waals surface area contributed by atoms with Gasteiger partial charge in [-0.25, -0.2) is 0 Å². The second-order valence-electron chi connectivity index (χ2n) is 7.86. The highest BCUT2D eigenvalue weighted by molar-refractivity contribution is 5.99. The number of benzene rings is 3. The first kappa shape index (κ1) is 23.3. The van der Waals surface area contributed by atoms with Crippen molar-refractivity contribution in [1.82, 2.24) is 0 Å². The van der Waals surface area contributed by atoms with Crippen LogP contribution in [0.25, 0.3) is 11.1 Å². The molecule has 3 aromatic carbocycles.